The lowest BCUT2D eigenvalue weighted by molar-refractivity contribution is 0.0380. The molecule has 2 aliphatic rings. The van der Waals surface area contributed by atoms with Crippen LogP contribution in [0.1, 0.15) is 19.8 Å². The Bertz CT molecular complexity index is 629. The number of carbonyl (C=O) groups is 1. The minimum absolute atomic E-state index is 0.00418. The Morgan fingerprint density at radius 1 is 1.09 bits per heavy atom. The molecule has 2 heterocycles. The van der Waals surface area contributed by atoms with E-state index in [1.54, 1.807) is 6.92 Å². The van der Waals surface area contributed by atoms with E-state index in [9.17, 15) is 21.6 Å². The molecule has 0 saturated carbocycles. The summed E-state index contributed by atoms with van der Waals surface area (Å²) in [7, 11) is -6.13. The maximum absolute atomic E-state index is 12.0. The van der Waals surface area contributed by atoms with Crippen LogP contribution >= 0.6 is 0 Å². The summed E-state index contributed by atoms with van der Waals surface area (Å²) in [5, 5.41) is 0. The van der Waals surface area contributed by atoms with E-state index < -0.39 is 31.8 Å². The number of carbonyl (C=O) groups excluding carboxylic acids is 1. The molecule has 0 N–H and O–H groups in total. The van der Waals surface area contributed by atoms with E-state index in [-0.39, 0.29) is 48.9 Å². The van der Waals surface area contributed by atoms with Crippen molar-refractivity contribution in [1.82, 2.24) is 4.90 Å². The van der Waals surface area contributed by atoms with E-state index in [1.165, 1.54) is 4.90 Å². The van der Waals surface area contributed by atoms with Crippen molar-refractivity contribution >= 4 is 25.8 Å². The topological polar surface area (TPSA) is 107 Å². The molecule has 0 aromatic carbocycles. The molecule has 10 heteroatoms. The van der Waals surface area contributed by atoms with Crippen molar-refractivity contribution < 1.29 is 31.1 Å². The van der Waals surface area contributed by atoms with Gasteiger partial charge in [-0.05, 0) is 19.8 Å². The highest BCUT2D eigenvalue weighted by molar-refractivity contribution is 7.91. The second-order valence-corrected chi connectivity index (χ2v) is 10.3. The molecule has 2 saturated heterocycles. The number of amides is 1. The van der Waals surface area contributed by atoms with Crippen LogP contribution in [0.3, 0.4) is 0 Å². The van der Waals surface area contributed by atoms with Crippen molar-refractivity contribution in [3.63, 3.8) is 0 Å². The van der Waals surface area contributed by atoms with Gasteiger partial charge in [-0.25, -0.2) is 21.6 Å². The van der Waals surface area contributed by atoms with Crippen LogP contribution in [0.4, 0.5) is 4.79 Å². The fourth-order valence-electron chi connectivity index (χ4n) is 2.86. The van der Waals surface area contributed by atoms with Crippen molar-refractivity contribution in [2.24, 2.45) is 0 Å². The molecule has 0 aromatic heterocycles. The first-order valence-corrected chi connectivity index (χ1v) is 11.3. The first kappa shape index (κ1) is 18.5. The maximum Gasteiger partial charge on any atom is 0.410 e. The van der Waals surface area contributed by atoms with Gasteiger partial charge < -0.3 is 14.4 Å². The lowest BCUT2D eigenvalue weighted by Crippen LogP contribution is -2.43. The van der Waals surface area contributed by atoms with Crippen molar-refractivity contribution in [2.45, 2.75) is 31.9 Å². The Balaban J connectivity index is 1.89. The molecular formula is C13H23NO7S2. The van der Waals surface area contributed by atoms with Gasteiger partial charge in [-0.1, -0.05) is 0 Å². The van der Waals surface area contributed by atoms with Crippen molar-refractivity contribution in [2.75, 3.05) is 42.8 Å². The minimum Gasteiger partial charge on any atom is -0.450 e. The highest BCUT2D eigenvalue weighted by Gasteiger charge is 2.35. The first-order valence-electron chi connectivity index (χ1n) is 7.68. The lowest BCUT2D eigenvalue weighted by Gasteiger charge is -2.27. The molecule has 2 rings (SSSR count). The third-order valence-electron chi connectivity index (χ3n) is 4.03. The highest BCUT2D eigenvalue weighted by Crippen LogP contribution is 2.19. The molecule has 0 aliphatic carbocycles. The number of hydrogen-bond donors (Lipinski definition) is 0. The SMILES string of the molecule is CCOC(=O)N(CCOC1CCS(=O)(=O)C1)C1CCS(=O)(=O)C1. The number of rotatable bonds is 6. The average Bonchev–Trinajstić information content (AvgIpc) is 2.97. The Kier molecular flexibility index (Phi) is 5.90. The van der Waals surface area contributed by atoms with Crippen LogP contribution in [0.15, 0.2) is 0 Å². The van der Waals surface area contributed by atoms with Gasteiger partial charge in [0.05, 0.1) is 48.4 Å². The smallest absolute Gasteiger partial charge is 0.410 e. The summed E-state index contributed by atoms with van der Waals surface area (Å²) in [6.07, 6.45) is -0.0630. The Labute approximate surface area is 137 Å². The van der Waals surface area contributed by atoms with E-state index in [1.807, 2.05) is 0 Å². The average molecular weight is 369 g/mol. The molecule has 0 aromatic rings. The summed E-state index contributed by atoms with van der Waals surface area (Å²) >= 11 is 0. The monoisotopic (exact) mass is 369 g/mol. The molecule has 23 heavy (non-hydrogen) atoms. The number of nitrogens with zero attached hydrogens (tertiary/aromatic N) is 1. The van der Waals surface area contributed by atoms with Gasteiger partial charge in [-0.3, -0.25) is 0 Å². The van der Waals surface area contributed by atoms with Crippen LogP contribution in [0.25, 0.3) is 0 Å². The second-order valence-electron chi connectivity index (χ2n) is 5.85. The molecule has 134 valence electrons. The largest absolute Gasteiger partial charge is 0.450 e. The van der Waals surface area contributed by atoms with Gasteiger partial charge >= 0.3 is 6.09 Å². The zero-order chi connectivity index (χ0) is 17.1. The summed E-state index contributed by atoms with van der Waals surface area (Å²) < 4.78 is 56.5. The van der Waals surface area contributed by atoms with Gasteiger partial charge in [0, 0.05) is 6.54 Å². The molecule has 2 fully saturated rings. The van der Waals surface area contributed by atoms with Gasteiger partial charge in [-0.2, -0.15) is 0 Å². The van der Waals surface area contributed by atoms with E-state index in [4.69, 9.17) is 9.47 Å². The van der Waals surface area contributed by atoms with Gasteiger partial charge in [0.25, 0.3) is 0 Å². The van der Waals surface area contributed by atoms with Gasteiger partial charge in [0.15, 0.2) is 19.7 Å². The molecule has 0 radical (unpaired) electrons. The number of hydrogen-bond acceptors (Lipinski definition) is 7. The minimum atomic E-state index is -3.11. The molecule has 0 bridgehead atoms. The highest BCUT2D eigenvalue weighted by atomic mass is 32.2. The van der Waals surface area contributed by atoms with E-state index in [0.717, 1.165) is 0 Å². The van der Waals surface area contributed by atoms with Crippen LogP contribution in [-0.4, -0.2) is 82.7 Å². The summed E-state index contributed by atoms with van der Waals surface area (Å²) in [6, 6.07) is -0.407. The zero-order valence-electron chi connectivity index (χ0n) is 13.1. The number of sulfone groups is 2. The molecule has 0 spiro atoms. The van der Waals surface area contributed by atoms with Crippen LogP contribution in [0, 0.1) is 0 Å². The Morgan fingerprint density at radius 3 is 2.26 bits per heavy atom. The van der Waals surface area contributed by atoms with Crippen LogP contribution < -0.4 is 0 Å². The predicted molar refractivity (Wildman–Crippen MR) is 83.8 cm³/mol. The zero-order valence-corrected chi connectivity index (χ0v) is 14.8. The first-order chi connectivity index (χ1) is 10.7. The lowest BCUT2D eigenvalue weighted by atomic mass is 10.2. The van der Waals surface area contributed by atoms with Crippen LogP contribution in [-0.2, 0) is 29.1 Å². The van der Waals surface area contributed by atoms with E-state index in [0.29, 0.717) is 12.8 Å². The van der Waals surface area contributed by atoms with Crippen LogP contribution in [0.2, 0.25) is 0 Å². The molecular weight excluding hydrogens is 346 g/mol. The van der Waals surface area contributed by atoms with Crippen LogP contribution in [0.5, 0.6) is 0 Å². The molecule has 2 atom stereocenters. The molecule has 2 unspecified atom stereocenters. The van der Waals surface area contributed by atoms with Gasteiger partial charge in [0.2, 0.25) is 0 Å². The quantitative estimate of drug-likeness (QED) is 0.640. The summed E-state index contributed by atoms with van der Waals surface area (Å²) in [4.78, 5) is 13.4. The predicted octanol–water partition coefficient (Wildman–Crippen LogP) is -0.164. The molecule has 8 nitrogen and oxygen atoms in total. The Morgan fingerprint density at radius 2 is 1.74 bits per heavy atom. The third kappa shape index (κ3) is 5.32. The second kappa shape index (κ2) is 7.35. The standard InChI is InChI=1S/C13H23NO7S2/c1-2-20-13(15)14(11-3-7-22(16,17)9-11)5-6-21-12-4-8-23(18,19)10-12/h11-12H,2-10H2,1H3. The van der Waals surface area contributed by atoms with Gasteiger partial charge in [-0.15, -0.1) is 0 Å². The molecule has 1 amide bonds. The Hall–Kier alpha value is -0.870. The fraction of sp³-hybridized carbons (Fsp3) is 0.923. The van der Waals surface area contributed by atoms with Crippen molar-refractivity contribution in [3.05, 3.63) is 0 Å². The van der Waals surface area contributed by atoms with E-state index in [2.05, 4.69) is 0 Å². The maximum atomic E-state index is 12.0. The van der Waals surface area contributed by atoms with Gasteiger partial charge in [0.1, 0.15) is 0 Å². The number of ether oxygens (including phenoxy) is 2. The summed E-state index contributed by atoms with van der Waals surface area (Å²) in [5.74, 6) is 0.128. The third-order valence-corrected chi connectivity index (χ3v) is 7.52. The molecule has 2 aliphatic heterocycles. The van der Waals surface area contributed by atoms with E-state index >= 15 is 0 Å². The summed E-state index contributed by atoms with van der Waals surface area (Å²) in [5.41, 5.74) is 0. The normalized spacial score (nSPS) is 28.6. The van der Waals surface area contributed by atoms with Crippen molar-refractivity contribution in [1.29, 1.82) is 0 Å². The summed E-state index contributed by atoms with van der Waals surface area (Å²) in [6.45, 7) is 2.24. The van der Waals surface area contributed by atoms with Crippen molar-refractivity contribution in [3.8, 4) is 0 Å². The fourth-order valence-corrected chi connectivity index (χ4v) is 6.21.